The number of hydrogen-bond acceptors (Lipinski definition) is 3. The van der Waals surface area contributed by atoms with Gasteiger partial charge >= 0.3 is 0 Å². The minimum Gasteiger partial charge on any atom is -0.381 e. The van der Waals surface area contributed by atoms with Gasteiger partial charge in [-0.1, -0.05) is 24.3 Å². The molecule has 1 fully saturated rings. The Morgan fingerprint density at radius 3 is 2.89 bits per heavy atom. The third-order valence-corrected chi connectivity index (χ3v) is 4.61. The zero-order valence-electron chi connectivity index (χ0n) is 11.6. The average Bonchev–Trinajstić information content (AvgIpc) is 2.49. The molecule has 3 nitrogen and oxygen atoms in total. The standard InChI is InChI=1S/C16H24N2O/c17-10-16(15-6-3-9-19-12-15)18-8-7-13-4-1-2-5-14(13)11-18/h1-2,4-5,15-16H,3,6-12,17H2. The van der Waals surface area contributed by atoms with Crippen LogP contribution in [0.15, 0.2) is 24.3 Å². The van der Waals surface area contributed by atoms with Gasteiger partial charge in [0.2, 0.25) is 0 Å². The van der Waals surface area contributed by atoms with Crippen LogP contribution in [0.25, 0.3) is 0 Å². The highest BCUT2D eigenvalue weighted by atomic mass is 16.5. The molecule has 2 aliphatic rings. The van der Waals surface area contributed by atoms with E-state index in [2.05, 4.69) is 29.2 Å². The van der Waals surface area contributed by atoms with E-state index < -0.39 is 0 Å². The van der Waals surface area contributed by atoms with Gasteiger partial charge in [0, 0.05) is 32.3 Å². The van der Waals surface area contributed by atoms with Crippen LogP contribution in [0.3, 0.4) is 0 Å². The summed E-state index contributed by atoms with van der Waals surface area (Å²) in [6.07, 6.45) is 3.60. The van der Waals surface area contributed by atoms with E-state index in [-0.39, 0.29) is 0 Å². The van der Waals surface area contributed by atoms with Gasteiger partial charge in [-0.25, -0.2) is 0 Å². The van der Waals surface area contributed by atoms with Gasteiger partial charge < -0.3 is 10.5 Å². The summed E-state index contributed by atoms with van der Waals surface area (Å²) in [6, 6.07) is 9.28. The van der Waals surface area contributed by atoms with E-state index >= 15 is 0 Å². The number of hydrogen-bond donors (Lipinski definition) is 1. The van der Waals surface area contributed by atoms with E-state index in [4.69, 9.17) is 10.5 Å². The first kappa shape index (κ1) is 13.1. The highest BCUT2D eigenvalue weighted by Gasteiger charge is 2.30. The number of ether oxygens (including phenoxy) is 1. The molecular formula is C16H24N2O. The number of benzene rings is 1. The minimum atomic E-state index is 0.480. The minimum absolute atomic E-state index is 0.480. The van der Waals surface area contributed by atoms with Crippen molar-refractivity contribution in [3.8, 4) is 0 Å². The topological polar surface area (TPSA) is 38.5 Å². The molecule has 104 valence electrons. The van der Waals surface area contributed by atoms with Gasteiger partial charge in [0.1, 0.15) is 0 Å². The zero-order valence-corrected chi connectivity index (χ0v) is 11.6. The average molecular weight is 260 g/mol. The molecule has 2 N–H and O–H groups in total. The smallest absolute Gasteiger partial charge is 0.0509 e. The number of rotatable bonds is 3. The predicted octanol–water partition coefficient (Wildman–Crippen LogP) is 1.80. The molecule has 0 amide bonds. The number of nitrogens with two attached hydrogens (primary N) is 1. The summed E-state index contributed by atoms with van der Waals surface area (Å²) >= 11 is 0. The van der Waals surface area contributed by atoms with Gasteiger partial charge in [-0.3, -0.25) is 4.90 Å². The van der Waals surface area contributed by atoms with Gasteiger partial charge in [0.25, 0.3) is 0 Å². The predicted molar refractivity (Wildman–Crippen MR) is 76.9 cm³/mol. The molecule has 1 aromatic carbocycles. The van der Waals surface area contributed by atoms with Crippen LogP contribution in [0.1, 0.15) is 24.0 Å². The molecule has 2 unspecified atom stereocenters. The Labute approximate surface area is 115 Å². The van der Waals surface area contributed by atoms with Crippen molar-refractivity contribution in [2.75, 3.05) is 26.3 Å². The summed E-state index contributed by atoms with van der Waals surface area (Å²) in [5.41, 5.74) is 9.04. The van der Waals surface area contributed by atoms with Crippen LogP contribution in [0.2, 0.25) is 0 Å². The first-order chi connectivity index (χ1) is 9.38. The van der Waals surface area contributed by atoms with E-state index in [0.717, 1.165) is 39.3 Å². The molecule has 1 saturated heterocycles. The summed E-state index contributed by atoms with van der Waals surface area (Å²) in [5, 5.41) is 0. The van der Waals surface area contributed by atoms with Gasteiger partial charge in [0.05, 0.1) is 6.61 Å². The molecule has 19 heavy (non-hydrogen) atoms. The quantitative estimate of drug-likeness (QED) is 0.900. The molecule has 1 aromatic rings. The van der Waals surface area contributed by atoms with Crippen LogP contribution < -0.4 is 5.73 Å². The molecule has 0 radical (unpaired) electrons. The first-order valence-corrected chi connectivity index (χ1v) is 7.47. The summed E-state index contributed by atoms with van der Waals surface area (Å²) < 4.78 is 5.64. The highest BCUT2D eigenvalue weighted by Crippen LogP contribution is 2.26. The summed E-state index contributed by atoms with van der Waals surface area (Å²) in [5.74, 6) is 0.615. The van der Waals surface area contributed by atoms with Gasteiger partial charge in [-0.2, -0.15) is 0 Å². The van der Waals surface area contributed by atoms with E-state index in [1.54, 1.807) is 0 Å². The number of nitrogens with zero attached hydrogens (tertiary/aromatic N) is 1. The van der Waals surface area contributed by atoms with Crippen molar-refractivity contribution in [3.05, 3.63) is 35.4 Å². The van der Waals surface area contributed by atoms with Crippen molar-refractivity contribution < 1.29 is 4.74 Å². The Morgan fingerprint density at radius 1 is 1.32 bits per heavy atom. The molecular weight excluding hydrogens is 236 g/mol. The fourth-order valence-electron chi connectivity index (χ4n) is 3.51. The lowest BCUT2D eigenvalue weighted by atomic mass is 9.90. The van der Waals surface area contributed by atoms with Crippen LogP contribution in [-0.2, 0) is 17.7 Å². The molecule has 3 heteroatoms. The largest absolute Gasteiger partial charge is 0.381 e. The van der Waals surface area contributed by atoms with E-state index in [1.165, 1.54) is 24.0 Å². The Morgan fingerprint density at radius 2 is 2.16 bits per heavy atom. The lowest BCUT2D eigenvalue weighted by molar-refractivity contribution is 0.00753. The molecule has 0 spiro atoms. The third kappa shape index (κ3) is 2.83. The second kappa shape index (κ2) is 6.04. The Kier molecular flexibility index (Phi) is 4.16. The fourth-order valence-corrected chi connectivity index (χ4v) is 3.51. The second-order valence-corrected chi connectivity index (χ2v) is 5.77. The van der Waals surface area contributed by atoms with Crippen molar-refractivity contribution in [2.24, 2.45) is 11.7 Å². The first-order valence-electron chi connectivity index (χ1n) is 7.47. The SMILES string of the molecule is NCC(C1CCCOC1)N1CCc2ccccc2C1. The molecule has 0 aliphatic carbocycles. The van der Waals surface area contributed by atoms with Gasteiger partial charge in [-0.15, -0.1) is 0 Å². The van der Waals surface area contributed by atoms with Crippen LogP contribution in [0, 0.1) is 5.92 Å². The van der Waals surface area contributed by atoms with Crippen LogP contribution in [-0.4, -0.2) is 37.2 Å². The second-order valence-electron chi connectivity index (χ2n) is 5.77. The number of fused-ring (bicyclic) bond motifs is 1. The third-order valence-electron chi connectivity index (χ3n) is 4.61. The van der Waals surface area contributed by atoms with Crippen molar-refractivity contribution in [3.63, 3.8) is 0 Å². The Bertz CT molecular complexity index is 415. The van der Waals surface area contributed by atoms with Crippen molar-refractivity contribution in [1.82, 2.24) is 4.90 Å². The summed E-state index contributed by atoms with van der Waals surface area (Å²) in [4.78, 5) is 2.57. The summed E-state index contributed by atoms with van der Waals surface area (Å²) in [6.45, 7) is 4.75. The van der Waals surface area contributed by atoms with Crippen molar-refractivity contribution in [2.45, 2.75) is 31.8 Å². The summed E-state index contributed by atoms with van der Waals surface area (Å²) in [7, 11) is 0. The normalized spacial score (nSPS) is 25.8. The Hall–Kier alpha value is -0.900. The monoisotopic (exact) mass is 260 g/mol. The van der Waals surface area contributed by atoms with E-state index in [1.807, 2.05) is 0 Å². The molecule has 2 atom stereocenters. The molecule has 2 heterocycles. The Balaban J connectivity index is 1.71. The van der Waals surface area contributed by atoms with E-state index in [9.17, 15) is 0 Å². The van der Waals surface area contributed by atoms with Crippen molar-refractivity contribution in [1.29, 1.82) is 0 Å². The fraction of sp³-hybridized carbons (Fsp3) is 0.625. The maximum absolute atomic E-state index is 6.06. The van der Waals surface area contributed by atoms with Crippen LogP contribution in [0.4, 0.5) is 0 Å². The zero-order chi connectivity index (χ0) is 13.1. The molecule has 3 rings (SSSR count). The van der Waals surface area contributed by atoms with Gasteiger partial charge in [0.15, 0.2) is 0 Å². The highest BCUT2D eigenvalue weighted by molar-refractivity contribution is 5.29. The lowest BCUT2D eigenvalue weighted by Gasteiger charge is -2.40. The van der Waals surface area contributed by atoms with Crippen molar-refractivity contribution >= 4 is 0 Å². The maximum Gasteiger partial charge on any atom is 0.0509 e. The molecule has 0 saturated carbocycles. The molecule has 0 bridgehead atoms. The molecule has 0 aromatic heterocycles. The van der Waals surface area contributed by atoms with Gasteiger partial charge in [-0.05, 0) is 36.3 Å². The van der Waals surface area contributed by atoms with E-state index in [0.29, 0.717) is 12.0 Å². The molecule has 2 aliphatic heterocycles. The van der Waals surface area contributed by atoms with Crippen LogP contribution >= 0.6 is 0 Å². The lowest BCUT2D eigenvalue weighted by Crippen LogP contribution is -2.49. The maximum atomic E-state index is 6.06. The van der Waals surface area contributed by atoms with Crippen LogP contribution in [0.5, 0.6) is 0 Å².